The Morgan fingerprint density at radius 1 is 1.10 bits per heavy atom. The van der Waals surface area contributed by atoms with E-state index < -0.39 is 11.7 Å². The summed E-state index contributed by atoms with van der Waals surface area (Å²) in [4.78, 5) is 11.1. The van der Waals surface area contributed by atoms with Crippen LogP contribution in [0, 0.1) is 0 Å². The van der Waals surface area contributed by atoms with Crippen molar-refractivity contribution < 1.29 is 20.1 Å². The lowest BCUT2D eigenvalue weighted by Gasteiger charge is -2.18. The SMILES string of the molecule is CCC(c1ccccc1)c1cc(C(=O)O)c(O)cc1O. The van der Waals surface area contributed by atoms with E-state index in [1.54, 1.807) is 0 Å². The molecule has 0 aromatic heterocycles. The predicted molar refractivity (Wildman–Crippen MR) is 75.3 cm³/mol. The zero-order valence-corrected chi connectivity index (χ0v) is 11.1. The van der Waals surface area contributed by atoms with E-state index in [-0.39, 0.29) is 17.2 Å². The minimum Gasteiger partial charge on any atom is -0.508 e. The summed E-state index contributed by atoms with van der Waals surface area (Å²) in [7, 11) is 0. The van der Waals surface area contributed by atoms with Crippen molar-refractivity contribution in [3.8, 4) is 11.5 Å². The number of hydrogen-bond donors (Lipinski definition) is 3. The van der Waals surface area contributed by atoms with Crippen molar-refractivity contribution in [1.82, 2.24) is 0 Å². The zero-order valence-electron chi connectivity index (χ0n) is 11.1. The Morgan fingerprint density at radius 2 is 1.75 bits per heavy atom. The van der Waals surface area contributed by atoms with Crippen molar-refractivity contribution in [1.29, 1.82) is 0 Å². The molecule has 3 N–H and O–H groups in total. The minimum atomic E-state index is -1.22. The van der Waals surface area contributed by atoms with Gasteiger partial charge in [-0.3, -0.25) is 0 Å². The van der Waals surface area contributed by atoms with Crippen LogP contribution in [-0.4, -0.2) is 21.3 Å². The molecule has 4 heteroatoms. The number of carboxylic acids is 1. The van der Waals surface area contributed by atoms with E-state index in [0.717, 1.165) is 11.6 Å². The number of rotatable bonds is 4. The van der Waals surface area contributed by atoms with Gasteiger partial charge in [0, 0.05) is 17.5 Å². The maximum absolute atomic E-state index is 11.1. The van der Waals surface area contributed by atoms with Gasteiger partial charge in [0.25, 0.3) is 0 Å². The fourth-order valence-corrected chi connectivity index (χ4v) is 2.36. The summed E-state index contributed by atoms with van der Waals surface area (Å²) in [6.45, 7) is 1.96. The molecule has 20 heavy (non-hydrogen) atoms. The van der Waals surface area contributed by atoms with Gasteiger partial charge in [0.05, 0.1) is 0 Å². The van der Waals surface area contributed by atoms with E-state index in [9.17, 15) is 15.0 Å². The van der Waals surface area contributed by atoms with Crippen LogP contribution in [0.15, 0.2) is 42.5 Å². The Morgan fingerprint density at radius 3 is 2.30 bits per heavy atom. The molecule has 4 nitrogen and oxygen atoms in total. The Labute approximate surface area is 116 Å². The number of carbonyl (C=O) groups is 1. The lowest BCUT2D eigenvalue weighted by molar-refractivity contribution is 0.0693. The lowest BCUT2D eigenvalue weighted by atomic mass is 9.87. The van der Waals surface area contributed by atoms with E-state index in [4.69, 9.17) is 5.11 Å². The van der Waals surface area contributed by atoms with Gasteiger partial charge in [-0.2, -0.15) is 0 Å². The molecule has 0 heterocycles. The first-order valence-corrected chi connectivity index (χ1v) is 6.38. The summed E-state index contributed by atoms with van der Waals surface area (Å²) in [5.41, 5.74) is 1.30. The number of benzene rings is 2. The molecule has 0 spiro atoms. The van der Waals surface area contributed by atoms with Crippen molar-refractivity contribution in [3.05, 3.63) is 59.2 Å². The molecule has 2 aromatic rings. The van der Waals surface area contributed by atoms with Gasteiger partial charge >= 0.3 is 5.97 Å². The molecule has 0 aliphatic carbocycles. The number of phenols is 2. The van der Waals surface area contributed by atoms with Crippen molar-refractivity contribution >= 4 is 5.97 Å². The molecule has 0 bridgehead atoms. The standard InChI is InChI=1S/C16H16O4/c1-2-11(10-6-4-3-5-7-10)12-8-13(16(19)20)15(18)9-14(12)17/h3-9,11,17-18H,2H2,1H3,(H,19,20). The van der Waals surface area contributed by atoms with Gasteiger partial charge < -0.3 is 15.3 Å². The molecule has 0 radical (unpaired) electrons. The third-order valence-electron chi connectivity index (χ3n) is 3.36. The highest BCUT2D eigenvalue weighted by molar-refractivity contribution is 5.91. The van der Waals surface area contributed by atoms with Crippen LogP contribution >= 0.6 is 0 Å². The van der Waals surface area contributed by atoms with Crippen LogP contribution in [-0.2, 0) is 0 Å². The van der Waals surface area contributed by atoms with Crippen molar-refractivity contribution in [2.75, 3.05) is 0 Å². The molecule has 104 valence electrons. The average molecular weight is 272 g/mol. The number of phenolic OH excluding ortho intramolecular Hbond substituents is 1. The van der Waals surface area contributed by atoms with E-state index in [1.807, 2.05) is 37.3 Å². The van der Waals surface area contributed by atoms with Gasteiger partial charge in [-0.05, 0) is 18.1 Å². The molecule has 2 aromatic carbocycles. The lowest BCUT2D eigenvalue weighted by Crippen LogP contribution is -2.04. The third-order valence-corrected chi connectivity index (χ3v) is 3.36. The molecule has 2 rings (SSSR count). The molecule has 0 aliphatic heterocycles. The van der Waals surface area contributed by atoms with Gasteiger partial charge in [0.1, 0.15) is 17.1 Å². The first kappa shape index (κ1) is 13.9. The van der Waals surface area contributed by atoms with Crippen LogP contribution < -0.4 is 0 Å². The highest BCUT2D eigenvalue weighted by Gasteiger charge is 2.20. The second-order valence-electron chi connectivity index (χ2n) is 4.60. The molecule has 1 atom stereocenters. The number of hydrogen-bond acceptors (Lipinski definition) is 3. The van der Waals surface area contributed by atoms with Crippen LogP contribution in [0.25, 0.3) is 0 Å². The molecule has 0 saturated carbocycles. The van der Waals surface area contributed by atoms with Gasteiger partial charge in [-0.1, -0.05) is 37.3 Å². The summed E-state index contributed by atoms with van der Waals surface area (Å²) in [5, 5.41) is 28.6. The number of carboxylic acid groups (broad SMARTS) is 1. The summed E-state index contributed by atoms with van der Waals surface area (Å²) in [6, 6.07) is 12.0. The summed E-state index contributed by atoms with van der Waals surface area (Å²) >= 11 is 0. The third kappa shape index (κ3) is 2.59. The molecular formula is C16H16O4. The maximum Gasteiger partial charge on any atom is 0.339 e. The summed E-state index contributed by atoms with van der Waals surface area (Å²) in [6.07, 6.45) is 0.710. The highest BCUT2D eigenvalue weighted by Crippen LogP contribution is 2.37. The Bertz CT molecular complexity index is 620. The summed E-state index contributed by atoms with van der Waals surface area (Å²) in [5.74, 6) is -1.86. The van der Waals surface area contributed by atoms with E-state index in [0.29, 0.717) is 12.0 Å². The number of aromatic hydroxyl groups is 2. The van der Waals surface area contributed by atoms with E-state index in [1.165, 1.54) is 6.07 Å². The average Bonchev–Trinajstić information content (AvgIpc) is 2.42. The molecular weight excluding hydrogens is 256 g/mol. The van der Waals surface area contributed by atoms with Crippen molar-refractivity contribution in [3.63, 3.8) is 0 Å². The predicted octanol–water partition coefficient (Wildman–Crippen LogP) is 3.34. The molecule has 1 unspecified atom stereocenters. The van der Waals surface area contributed by atoms with Crippen LogP contribution in [0.1, 0.15) is 40.7 Å². The van der Waals surface area contributed by atoms with Gasteiger partial charge in [-0.25, -0.2) is 4.79 Å². The Kier molecular flexibility index (Phi) is 3.94. The largest absolute Gasteiger partial charge is 0.508 e. The fourth-order valence-electron chi connectivity index (χ4n) is 2.36. The van der Waals surface area contributed by atoms with Crippen LogP contribution in [0.2, 0.25) is 0 Å². The number of aromatic carboxylic acids is 1. The topological polar surface area (TPSA) is 77.8 Å². The molecule has 0 saturated heterocycles. The van der Waals surface area contributed by atoms with E-state index >= 15 is 0 Å². The van der Waals surface area contributed by atoms with Gasteiger partial charge in [0.15, 0.2) is 0 Å². The molecule has 0 aliphatic rings. The van der Waals surface area contributed by atoms with Crippen LogP contribution in [0.5, 0.6) is 11.5 Å². The van der Waals surface area contributed by atoms with Crippen LogP contribution in [0.3, 0.4) is 0 Å². The summed E-state index contributed by atoms with van der Waals surface area (Å²) < 4.78 is 0. The van der Waals surface area contributed by atoms with Crippen molar-refractivity contribution in [2.24, 2.45) is 0 Å². The second-order valence-corrected chi connectivity index (χ2v) is 4.60. The monoisotopic (exact) mass is 272 g/mol. The second kappa shape index (κ2) is 5.65. The highest BCUT2D eigenvalue weighted by atomic mass is 16.4. The van der Waals surface area contributed by atoms with E-state index in [2.05, 4.69) is 0 Å². The zero-order chi connectivity index (χ0) is 14.7. The van der Waals surface area contributed by atoms with Crippen LogP contribution in [0.4, 0.5) is 0 Å². The quantitative estimate of drug-likeness (QED) is 0.797. The van der Waals surface area contributed by atoms with Gasteiger partial charge in [-0.15, -0.1) is 0 Å². The Balaban J connectivity index is 2.55. The first-order valence-electron chi connectivity index (χ1n) is 6.38. The van der Waals surface area contributed by atoms with Gasteiger partial charge in [0.2, 0.25) is 0 Å². The normalized spacial score (nSPS) is 12.1. The minimum absolute atomic E-state index is 0.0943. The molecule has 0 amide bonds. The first-order chi connectivity index (χ1) is 9.54. The fraction of sp³-hybridized carbons (Fsp3) is 0.188. The Hall–Kier alpha value is -2.49. The molecule has 0 fully saturated rings. The van der Waals surface area contributed by atoms with Crippen molar-refractivity contribution in [2.45, 2.75) is 19.3 Å². The maximum atomic E-state index is 11.1. The smallest absolute Gasteiger partial charge is 0.339 e.